The van der Waals surface area contributed by atoms with Gasteiger partial charge in [-0.05, 0) is 32.9 Å². The monoisotopic (exact) mass is 199 g/mol. The van der Waals surface area contributed by atoms with Gasteiger partial charge >= 0.3 is 0 Å². The number of hydrogen-bond acceptors (Lipinski definition) is 2. The summed E-state index contributed by atoms with van der Waals surface area (Å²) in [5, 5.41) is 9.33. The lowest BCUT2D eigenvalue weighted by Gasteiger charge is -2.43. The Morgan fingerprint density at radius 3 is 2.43 bits per heavy atom. The van der Waals surface area contributed by atoms with E-state index >= 15 is 0 Å². The molecule has 1 aliphatic rings. The van der Waals surface area contributed by atoms with Crippen molar-refractivity contribution in [2.24, 2.45) is 5.41 Å². The summed E-state index contributed by atoms with van der Waals surface area (Å²) in [6, 6.07) is 0. The van der Waals surface area contributed by atoms with Crippen LogP contribution in [0.5, 0.6) is 0 Å². The van der Waals surface area contributed by atoms with Crippen molar-refractivity contribution < 1.29 is 5.11 Å². The first-order valence-corrected chi connectivity index (χ1v) is 6.02. The molecule has 0 unspecified atom stereocenters. The normalized spacial score (nSPS) is 19.7. The molecule has 2 heteroatoms. The predicted molar refractivity (Wildman–Crippen MR) is 60.4 cm³/mol. The van der Waals surface area contributed by atoms with E-state index in [1.807, 2.05) is 0 Å². The summed E-state index contributed by atoms with van der Waals surface area (Å²) >= 11 is 0. The van der Waals surface area contributed by atoms with E-state index in [1.54, 1.807) is 0 Å². The van der Waals surface area contributed by atoms with Crippen LogP contribution in [0.15, 0.2) is 0 Å². The van der Waals surface area contributed by atoms with E-state index in [9.17, 15) is 5.11 Å². The molecule has 0 radical (unpaired) electrons. The summed E-state index contributed by atoms with van der Waals surface area (Å²) in [7, 11) is 2.19. The molecular weight excluding hydrogens is 174 g/mol. The maximum atomic E-state index is 9.33. The highest BCUT2D eigenvalue weighted by Gasteiger charge is 2.36. The number of rotatable bonds is 7. The van der Waals surface area contributed by atoms with E-state index in [-0.39, 0.29) is 5.41 Å². The largest absolute Gasteiger partial charge is 0.396 e. The lowest BCUT2D eigenvalue weighted by atomic mass is 9.69. The van der Waals surface area contributed by atoms with Crippen LogP contribution in [0.1, 0.15) is 45.4 Å². The second-order valence-electron chi connectivity index (χ2n) is 4.96. The van der Waals surface area contributed by atoms with E-state index in [4.69, 9.17) is 0 Å². The summed E-state index contributed by atoms with van der Waals surface area (Å²) in [4.78, 5) is 2.39. The Morgan fingerprint density at radius 2 is 2.00 bits per heavy atom. The lowest BCUT2D eigenvalue weighted by Crippen LogP contribution is -2.43. The van der Waals surface area contributed by atoms with E-state index in [0.29, 0.717) is 6.61 Å². The molecule has 1 fully saturated rings. The molecule has 84 valence electrons. The van der Waals surface area contributed by atoms with E-state index in [2.05, 4.69) is 18.9 Å². The Labute approximate surface area is 88.3 Å². The lowest BCUT2D eigenvalue weighted by molar-refractivity contribution is 0.0143. The quantitative estimate of drug-likeness (QED) is 0.636. The van der Waals surface area contributed by atoms with Crippen LogP contribution in [-0.2, 0) is 0 Å². The third kappa shape index (κ3) is 3.25. The summed E-state index contributed by atoms with van der Waals surface area (Å²) in [6.07, 6.45) is 7.68. The third-order valence-electron chi connectivity index (χ3n) is 3.50. The average molecular weight is 199 g/mol. The second-order valence-corrected chi connectivity index (χ2v) is 4.96. The molecule has 0 heterocycles. The molecular formula is C12H25NO. The Balaban J connectivity index is 2.15. The van der Waals surface area contributed by atoms with Gasteiger partial charge in [0.25, 0.3) is 0 Å². The van der Waals surface area contributed by atoms with Gasteiger partial charge in [-0.1, -0.05) is 26.2 Å². The SMILES string of the molecule is CCCCCN(C)CC1(CO)CCC1. The zero-order chi connectivity index (χ0) is 10.4. The molecule has 2 nitrogen and oxygen atoms in total. The van der Waals surface area contributed by atoms with Crippen molar-refractivity contribution in [3.63, 3.8) is 0 Å². The van der Waals surface area contributed by atoms with Gasteiger partial charge in [-0.15, -0.1) is 0 Å². The van der Waals surface area contributed by atoms with E-state index < -0.39 is 0 Å². The van der Waals surface area contributed by atoms with Gasteiger partial charge in [0.15, 0.2) is 0 Å². The van der Waals surface area contributed by atoms with Crippen LogP contribution < -0.4 is 0 Å². The molecule has 1 aliphatic carbocycles. The minimum Gasteiger partial charge on any atom is -0.396 e. The molecule has 1 saturated carbocycles. The van der Waals surface area contributed by atoms with Crippen LogP contribution in [0.2, 0.25) is 0 Å². The Morgan fingerprint density at radius 1 is 1.29 bits per heavy atom. The molecule has 0 amide bonds. The Hall–Kier alpha value is -0.0800. The molecule has 0 bridgehead atoms. The third-order valence-corrected chi connectivity index (χ3v) is 3.50. The molecule has 0 spiro atoms. The Kier molecular flexibility index (Phi) is 4.90. The van der Waals surface area contributed by atoms with E-state index in [0.717, 1.165) is 6.54 Å². The Bertz CT molecular complexity index is 149. The summed E-state index contributed by atoms with van der Waals surface area (Å²) < 4.78 is 0. The van der Waals surface area contributed by atoms with Crippen LogP contribution >= 0.6 is 0 Å². The van der Waals surface area contributed by atoms with Crippen LogP contribution in [-0.4, -0.2) is 36.8 Å². The second kappa shape index (κ2) is 5.72. The van der Waals surface area contributed by atoms with Crippen LogP contribution in [0.3, 0.4) is 0 Å². The highest BCUT2D eigenvalue weighted by atomic mass is 16.3. The maximum Gasteiger partial charge on any atom is 0.0499 e. The van der Waals surface area contributed by atoms with Crippen molar-refractivity contribution >= 4 is 0 Å². The van der Waals surface area contributed by atoms with Gasteiger partial charge in [-0.3, -0.25) is 0 Å². The molecule has 0 saturated heterocycles. The first kappa shape index (κ1) is 12.0. The zero-order valence-electron chi connectivity index (χ0n) is 9.76. The van der Waals surface area contributed by atoms with Crippen molar-refractivity contribution in [1.29, 1.82) is 0 Å². The van der Waals surface area contributed by atoms with Crippen molar-refractivity contribution in [2.75, 3.05) is 26.7 Å². The van der Waals surface area contributed by atoms with Gasteiger partial charge < -0.3 is 10.0 Å². The van der Waals surface area contributed by atoms with Gasteiger partial charge in [0.2, 0.25) is 0 Å². The standard InChI is InChI=1S/C12H25NO/c1-3-4-5-9-13(2)10-12(11-14)7-6-8-12/h14H,3-11H2,1-2H3. The molecule has 1 N–H and O–H groups in total. The van der Waals surface area contributed by atoms with Gasteiger partial charge in [-0.2, -0.15) is 0 Å². The summed E-state index contributed by atoms with van der Waals surface area (Å²) in [5.74, 6) is 0. The van der Waals surface area contributed by atoms with Crippen molar-refractivity contribution in [3.8, 4) is 0 Å². The van der Waals surface area contributed by atoms with Crippen molar-refractivity contribution in [3.05, 3.63) is 0 Å². The number of aliphatic hydroxyl groups excluding tert-OH is 1. The minimum atomic E-state index is 0.265. The molecule has 0 atom stereocenters. The molecule has 0 aromatic carbocycles. The van der Waals surface area contributed by atoms with Gasteiger partial charge in [0, 0.05) is 18.6 Å². The molecule has 0 aromatic rings. The molecule has 0 aromatic heterocycles. The fourth-order valence-corrected chi connectivity index (χ4v) is 2.33. The minimum absolute atomic E-state index is 0.265. The van der Waals surface area contributed by atoms with Crippen LogP contribution in [0.4, 0.5) is 0 Å². The number of nitrogens with zero attached hydrogens (tertiary/aromatic N) is 1. The molecule has 0 aliphatic heterocycles. The van der Waals surface area contributed by atoms with Gasteiger partial charge in [-0.25, -0.2) is 0 Å². The first-order chi connectivity index (χ1) is 6.72. The average Bonchev–Trinajstić information content (AvgIpc) is 2.12. The molecule has 1 rings (SSSR count). The van der Waals surface area contributed by atoms with Crippen molar-refractivity contribution in [2.45, 2.75) is 45.4 Å². The fraction of sp³-hybridized carbons (Fsp3) is 1.00. The number of aliphatic hydroxyl groups is 1. The highest BCUT2D eigenvalue weighted by molar-refractivity contribution is 4.89. The molecule has 14 heavy (non-hydrogen) atoms. The van der Waals surface area contributed by atoms with Crippen LogP contribution in [0.25, 0.3) is 0 Å². The maximum absolute atomic E-state index is 9.33. The number of unbranched alkanes of at least 4 members (excludes halogenated alkanes) is 2. The topological polar surface area (TPSA) is 23.5 Å². The van der Waals surface area contributed by atoms with E-state index in [1.165, 1.54) is 45.1 Å². The van der Waals surface area contributed by atoms with Gasteiger partial charge in [0.05, 0.1) is 0 Å². The first-order valence-electron chi connectivity index (χ1n) is 6.02. The predicted octanol–water partition coefficient (Wildman–Crippen LogP) is 2.27. The fourth-order valence-electron chi connectivity index (χ4n) is 2.33. The highest BCUT2D eigenvalue weighted by Crippen LogP contribution is 2.40. The number of hydrogen-bond donors (Lipinski definition) is 1. The van der Waals surface area contributed by atoms with Gasteiger partial charge in [0.1, 0.15) is 0 Å². The van der Waals surface area contributed by atoms with Crippen LogP contribution in [0, 0.1) is 5.41 Å². The zero-order valence-corrected chi connectivity index (χ0v) is 9.76. The summed E-state index contributed by atoms with van der Waals surface area (Å²) in [6.45, 7) is 4.90. The van der Waals surface area contributed by atoms with Crippen molar-refractivity contribution in [1.82, 2.24) is 4.90 Å². The smallest absolute Gasteiger partial charge is 0.0499 e. The summed E-state index contributed by atoms with van der Waals surface area (Å²) in [5.41, 5.74) is 0.265.